The summed E-state index contributed by atoms with van der Waals surface area (Å²) in [6.45, 7) is 9.90. The molecule has 2 N–H and O–H groups in total. The molecule has 0 aromatic heterocycles. The fraction of sp³-hybridized carbons (Fsp3) is 0.480. The van der Waals surface area contributed by atoms with Crippen LogP contribution < -0.4 is 25.0 Å². The van der Waals surface area contributed by atoms with Crippen molar-refractivity contribution in [2.75, 3.05) is 64.9 Å². The molecular weight excluding hydrogens is 529 g/mol. The molecule has 7 nitrogen and oxygen atoms in total. The summed E-state index contributed by atoms with van der Waals surface area (Å²) in [4.78, 5) is 9.74. The molecule has 2 aromatic carbocycles. The van der Waals surface area contributed by atoms with Gasteiger partial charge >= 0.3 is 0 Å². The number of halogens is 1. The molecule has 0 unspecified atom stereocenters. The van der Waals surface area contributed by atoms with Crippen molar-refractivity contribution in [2.45, 2.75) is 19.9 Å². The first kappa shape index (κ1) is 27.0. The van der Waals surface area contributed by atoms with Crippen molar-refractivity contribution >= 4 is 35.6 Å². The van der Waals surface area contributed by atoms with Gasteiger partial charge in [-0.2, -0.15) is 0 Å². The third-order valence-electron chi connectivity index (χ3n) is 5.65. The van der Waals surface area contributed by atoms with Crippen molar-refractivity contribution < 1.29 is 9.47 Å². The summed E-state index contributed by atoms with van der Waals surface area (Å²) < 4.78 is 10.7. The monoisotopic (exact) mass is 567 g/mol. The van der Waals surface area contributed by atoms with Crippen LogP contribution in [0.15, 0.2) is 53.5 Å². The summed E-state index contributed by atoms with van der Waals surface area (Å²) in [5, 5.41) is 6.79. The Morgan fingerprint density at radius 1 is 0.939 bits per heavy atom. The van der Waals surface area contributed by atoms with Gasteiger partial charge in [-0.15, -0.1) is 24.0 Å². The first-order chi connectivity index (χ1) is 15.7. The Bertz CT molecular complexity index is 842. The topological polar surface area (TPSA) is 61.4 Å². The molecule has 0 radical (unpaired) electrons. The van der Waals surface area contributed by atoms with Crippen LogP contribution in [0.3, 0.4) is 0 Å². The summed E-state index contributed by atoms with van der Waals surface area (Å²) in [5.41, 5.74) is 2.41. The van der Waals surface area contributed by atoms with E-state index in [0.29, 0.717) is 6.54 Å². The highest BCUT2D eigenvalue weighted by Crippen LogP contribution is 2.27. The van der Waals surface area contributed by atoms with E-state index >= 15 is 0 Å². The summed E-state index contributed by atoms with van der Waals surface area (Å²) in [6.07, 6.45) is 1.09. The Labute approximate surface area is 215 Å². The number of aliphatic imine (C=N–C) groups is 1. The summed E-state index contributed by atoms with van der Waals surface area (Å²) >= 11 is 0. The van der Waals surface area contributed by atoms with Crippen LogP contribution in [0.4, 0.5) is 5.69 Å². The van der Waals surface area contributed by atoms with Crippen molar-refractivity contribution in [1.82, 2.24) is 15.5 Å². The Balaban J connectivity index is 0.00000385. The van der Waals surface area contributed by atoms with E-state index in [2.05, 4.69) is 57.7 Å². The van der Waals surface area contributed by atoms with E-state index in [1.807, 2.05) is 18.2 Å². The number of guanidine groups is 1. The lowest BCUT2D eigenvalue weighted by molar-refractivity contribution is 0.255. The highest BCUT2D eigenvalue weighted by Gasteiger charge is 2.16. The lowest BCUT2D eigenvalue weighted by Gasteiger charge is -2.36. The Morgan fingerprint density at radius 2 is 1.67 bits per heavy atom. The van der Waals surface area contributed by atoms with Crippen molar-refractivity contribution in [1.29, 1.82) is 0 Å². The van der Waals surface area contributed by atoms with Gasteiger partial charge in [0.25, 0.3) is 0 Å². The van der Waals surface area contributed by atoms with Gasteiger partial charge in [-0.1, -0.05) is 24.3 Å². The Kier molecular flexibility index (Phi) is 12.2. The van der Waals surface area contributed by atoms with Gasteiger partial charge in [0.15, 0.2) is 17.5 Å². The Morgan fingerprint density at radius 3 is 2.33 bits per heavy atom. The molecule has 33 heavy (non-hydrogen) atoms. The molecule has 1 aliphatic rings. The third kappa shape index (κ3) is 8.58. The molecule has 8 heteroatoms. The average molecular weight is 568 g/mol. The number of hydrogen-bond acceptors (Lipinski definition) is 5. The molecule has 3 rings (SSSR count). The molecule has 1 fully saturated rings. The number of piperazine rings is 1. The predicted octanol–water partition coefficient (Wildman–Crippen LogP) is 3.59. The van der Waals surface area contributed by atoms with E-state index in [1.165, 1.54) is 5.69 Å². The number of para-hydroxylation sites is 1. The van der Waals surface area contributed by atoms with Crippen molar-refractivity contribution in [3.8, 4) is 11.5 Å². The molecule has 0 aliphatic carbocycles. The maximum absolute atomic E-state index is 5.39. The van der Waals surface area contributed by atoms with Crippen LogP contribution in [0, 0.1) is 0 Å². The molecule has 0 amide bonds. The molecular formula is C25H38IN5O2. The van der Waals surface area contributed by atoms with Gasteiger partial charge in [0, 0.05) is 45.0 Å². The van der Waals surface area contributed by atoms with E-state index in [-0.39, 0.29) is 24.0 Å². The van der Waals surface area contributed by atoms with Gasteiger partial charge in [-0.05, 0) is 49.7 Å². The smallest absolute Gasteiger partial charge is 0.191 e. The second kappa shape index (κ2) is 14.8. The molecule has 0 saturated carbocycles. The number of methoxy groups -OCH3 is 2. The van der Waals surface area contributed by atoms with Crippen LogP contribution in [-0.2, 0) is 6.54 Å². The minimum Gasteiger partial charge on any atom is -0.493 e. The number of hydrogen-bond donors (Lipinski definition) is 2. The molecule has 0 bridgehead atoms. The van der Waals surface area contributed by atoms with Crippen LogP contribution in [0.25, 0.3) is 0 Å². The van der Waals surface area contributed by atoms with Gasteiger partial charge in [-0.25, -0.2) is 4.99 Å². The number of anilines is 1. The van der Waals surface area contributed by atoms with Crippen molar-refractivity contribution in [2.24, 2.45) is 4.99 Å². The summed E-state index contributed by atoms with van der Waals surface area (Å²) in [7, 11) is 3.30. The summed E-state index contributed by atoms with van der Waals surface area (Å²) in [5.74, 6) is 2.30. The minimum absolute atomic E-state index is 0. The Hall–Kier alpha value is -2.20. The largest absolute Gasteiger partial charge is 0.493 e. The number of nitrogens with zero attached hydrogens (tertiary/aromatic N) is 3. The zero-order chi connectivity index (χ0) is 22.6. The van der Waals surface area contributed by atoms with Gasteiger partial charge in [0.05, 0.1) is 20.8 Å². The highest BCUT2D eigenvalue weighted by atomic mass is 127. The van der Waals surface area contributed by atoms with Crippen LogP contribution in [-0.4, -0.2) is 70.9 Å². The summed E-state index contributed by atoms with van der Waals surface area (Å²) in [6, 6.07) is 16.6. The fourth-order valence-electron chi connectivity index (χ4n) is 3.87. The fourth-order valence-corrected chi connectivity index (χ4v) is 3.87. The van der Waals surface area contributed by atoms with Gasteiger partial charge in [0.2, 0.25) is 0 Å². The van der Waals surface area contributed by atoms with Crippen LogP contribution in [0.2, 0.25) is 0 Å². The lowest BCUT2D eigenvalue weighted by Crippen LogP contribution is -2.47. The van der Waals surface area contributed by atoms with E-state index < -0.39 is 0 Å². The molecule has 0 atom stereocenters. The van der Waals surface area contributed by atoms with Gasteiger partial charge < -0.3 is 25.0 Å². The zero-order valence-corrected chi connectivity index (χ0v) is 22.4. The third-order valence-corrected chi connectivity index (χ3v) is 5.65. The predicted molar refractivity (Wildman–Crippen MR) is 147 cm³/mol. The molecule has 0 spiro atoms. The first-order valence-corrected chi connectivity index (χ1v) is 11.5. The van der Waals surface area contributed by atoms with Crippen LogP contribution in [0.5, 0.6) is 11.5 Å². The molecule has 182 valence electrons. The molecule has 1 aliphatic heterocycles. The number of benzene rings is 2. The quantitative estimate of drug-likeness (QED) is 0.198. The van der Waals surface area contributed by atoms with Gasteiger partial charge in [0.1, 0.15) is 0 Å². The molecule has 1 saturated heterocycles. The van der Waals surface area contributed by atoms with Crippen molar-refractivity contribution in [3.63, 3.8) is 0 Å². The van der Waals surface area contributed by atoms with E-state index in [1.54, 1.807) is 14.2 Å². The second-order valence-corrected chi connectivity index (χ2v) is 7.83. The highest BCUT2D eigenvalue weighted by molar-refractivity contribution is 14.0. The number of nitrogens with one attached hydrogen (secondary N) is 2. The lowest BCUT2D eigenvalue weighted by atomic mass is 10.2. The maximum atomic E-state index is 5.39. The number of ether oxygens (including phenoxy) is 2. The second-order valence-electron chi connectivity index (χ2n) is 7.83. The average Bonchev–Trinajstić information content (AvgIpc) is 2.85. The maximum Gasteiger partial charge on any atom is 0.191 e. The van der Waals surface area contributed by atoms with Crippen LogP contribution >= 0.6 is 24.0 Å². The van der Waals surface area contributed by atoms with Crippen molar-refractivity contribution in [3.05, 3.63) is 54.1 Å². The SMILES string of the molecule is CCNC(=NCc1ccc(OC)c(OC)c1)NCCCN1CCN(c2ccccc2)CC1.I. The number of rotatable bonds is 10. The minimum atomic E-state index is 0. The molecule has 2 aromatic rings. The molecule has 1 heterocycles. The van der Waals surface area contributed by atoms with Gasteiger partial charge in [-0.3, -0.25) is 4.90 Å². The first-order valence-electron chi connectivity index (χ1n) is 11.5. The zero-order valence-electron chi connectivity index (χ0n) is 20.0. The normalized spacial score (nSPS) is 14.4. The van der Waals surface area contributed by atoms with E-state index in [4.69, 9.17) is 14.5 Å². The van der Waals surface area contributed by atoms with Crippen LogP contribution in [0.1, 0.15) is 18.9 Å². The standard InChI is InChI=1S/C25H37N5O2.HI/c1-4-26-25(28-20-21-11-12-23(31-2)24(19-21)32-3)27-13-8-14-29-15-17-30(18-16-29)22-9-6-5-7-10-22;/h5-7,9-12,19H,4,8,13-18,20H2,1-3H3,(H2,26,27,28);1H. The van der Waals surface area contributed by atoms with E-state index in [9.17, 15) is 0 Å². The van der Waals surface area contributed by atoms with E-state index in [0.717, 1.165) is 75.3 Å².